The van der Waals surface area contributed by atoms with Crippen LogP contribution in [-0.2, 0) is 17.8 Å². The molecule has 0 unspecified atom stereocenters. The van der Waals surface area contributed by atoms with Crippen LogP contribution < -0.4 is 5.32 Å². The number of fused-ring (bicyclic) bond motifs is 1. The maximum atomic E-state index is 12.2. The van der Waals surface area contributed by atoms with Crippen LogP contribution in [0.1, 0.15) is 22.3 Å². The predicted octanol–water partition coefficient (Wildman–Crippen LogP) is 3.91. The topological polar surface area (TPSA) is 42.2 Å². The average molecular weight is 293 g/mol. The first-order chi connectivity index (χ1) is 10.6. The second-order valence-corrected chi connectivity index (χ2v) is 5.66. The van der Waals surface area contributed by atoms with E-state index in [2.05, 4.69) is 18.3 Å². The van der Waals surface area contributed by atoms with Crippen molar-refractivity contribution >= 4 is 16.9 Å². The van der Waals surface area contributed by atoms with E-state index in [-0.39, 0.29) is 5.91 Å². The molecule has 0 radical (unpaired) electrons. The Morgan fingerprint density at radius 1 is 1.14 bits per heavy atom. The lowest BCUT2D eigenvalue weighted by atomic mass is 10.0. The van der Waals surface area contributed by atoms with Crippen LogP contribution in [0.5, 0.6) is 0 Å². The van der Waals surface area contributed by atoms with E-state index in [9.17, 15) is 4.79 Å². The van der Waals surface area contributed by atoms with Gasteiger partial charge in [0.05, 0.1) is 12.7 Å². The van der Waals surface area contributed by atoms with Gasteiger partial charge in [-0.1, -0.05) is 36.4 Å². The highest BCUT2D eigenvalue weighted by Crippen LogP contribution is 2.26. The monoisotopic (exact) mass is 293 g/mol. The van der Waals surface area contributed by atoms with E-state index in [4.69, 9.17) is 4.42 Å². The van der Waals surface area contributed by atoms with Crippen LogP contribution >= 0.6 is 0 Å². The minimum atomic E-state index is 0.00604. The number of hydrogen-bond donors (Lipinski definition) is 1. The molecule has 0 saturated carbocycles. The molecule has 0 aliphatic rings. The van der Waals surface area contributed by atoms with Gasteiger partial charge in [-0.05, 0) is 36.6 Å². The van der Waals surface area contributed by atoms with E-state index in [1.54, 1.807) is 6.26 Å². The zero-order valence-electron chi connectivity index (χ0n) is 12.8. The third-order valence-electron chi connectivity index (χ3n) is 3.78. The highest BCUT2D eigenvalue weighted by Gasteiger charge is 2.12. The van der Waals surface area contributed by atoms with Gasteiger partial charge < -0.3 is 9.73 Å². The number of nitrogens with one attached hydrogen (secondary N) is 1. The highest BCUT2D eigenvalue weighted by atomic mass is 16.3. The summed E-state index contributed by atoms with van der Waals surface area (Å²) in [7, 11) is 0. The lowest BCUT2D eigenvalue weighted by molar-refractivity contribution is -0.120. The molecule has 22 heavy (non-hydrogen) atoms. The Hall–Kier alpha value is -2.55. The van der Waals surface area contributed by atoms with Gasteiger partial charge in [0.2, 0.25) is 5.91 Å². The summed E-state index contributed by atoms with van der Waals surface area (Å²) in [5, 5.41) is 4.01. The quantitative estimate of drug-likeness (QED) is 0.792. The normalized spacial score (nSPS) is 10.8. The Morgan fingerprint density at radius 3 is 2.68 bits per heavy atom. The van der Waals surface area contributed by atoms with E-state index in [1.165, 1.54) is 5.56 Å². The van der Waals surface area contributed by atoms with Crippen molar-refractivity contribution in [3.63, 3.8) is 0 Å². The van der Waals surface area contributed by atoms with E-state index in [0.717, 1.165) is 27.7 Å². The minimum Gasteiger partial charge on any atom is -0.464 e. The molecule has 1 N–H and O–H groups in total. The lowest BCUT2D eigenvalue weighted by Gasteiger charge is -2.05. The molecule has 1 heterocycles. The first-order valence-electron chi connectivity index (χ1n) is 7.41. The number of furan rings is 1. The molecule has 3 heteroatoms. The van der Waals surface area contributed by atoms with E-state index >= 15 is 0 Å². The van der Waals surface area contributed by atoms with Crippen molar-refractivity contribution in [1.82, 2.24) is 5.32 Å². The summed E-state index contributed by atoms with van der Waals surface area (Å²) in [6, 6.07) is 14.0. The molecule has 0 saturated heterocycles. The zero-order valence-corrected chi connectivity index (χ0v) is 12.8. The molecular weight excluding hydrogens is 274 g/mol. The maximum absolute atomic E-state index is 12.2. The van der Waals surface area contributed by atoms with Gasteiger partial charge in [0.15, 0.2) is 0 Å². The molecular formula is C19H19NO2. The molecule has 1 amide bonds. The summed E-state index contributed by atoms with van der Waals surface area (Å²) < 4.78 is 5.59. The largest absolute Gasteiger partial charge is 0.464 e. The van der Waals surface area contributed by atoms with Gasteiger partial charge in [-0.25, -0.2) is 0 Å². The van der Waals surface area contributed by atoms with Crippen LogP contribution in [0.15, 0.2) is 53.1 Å². The van der Waals surface area contributed by atoms with Crippen molar-refractivity contribution in [1.29, 1.82) is 0 Å². The minimum absolute atomic E-state index is 0.00604. The Balaban J connectivity index is 1.72. The molecule has 0 fully saturated rings. The third-order valence-corrected chi connectivity index (χ3v) is 3.78. The molecule has 2 aromatic carbocycles. The van der Waals surface area contributed by atoms with Crippen LogP contribution in [0.4, 0.5) is 0 Å². The summed E-state index contributed by atoms with van der Waals surface area (Å²) in [4.78, 5) is 12.2. The second kappa shape index (κ2) is 6.06. The lowest BCUT2D eigenvalue weighted by Crippen LogP contribution is -2.24. The van der Waals surface area contributed by atoms with Crippen LogP contribution in [0.3, 0.4) is 0 Å². The van der Waals surface area contributed by atoms with Gasteiger partial charge in [0.1, 0.15) is 5.58 Å². The average Bonchev–Trinajstić information content (AvgIpc) is 2.89. The predicted molar refractivity (Wildman–Crippen MR) is 87.7 cm³/mol. The van der Waals surface area contributed by atoms with Gasteiger partial charge in [-0.15, -0.1) is 0 Å². The first-order valence-corrected chi connectivity index (χ1v) is 7.41. The molecule has 1 aromatic heterocycles. The molecule has 0 aliphatic heterocycles. The molecule has 3 nitrogen and oxygen atoms in total. The van der Waals surface area contributed by atoms with Gasteiger partial charge in [0, 0.05) is 17.5 Å². The van der Waals surface area contributed by atoms with Crippen molar-refractivity contribution in [3.05, 3.63) is 71.0 Å². The van der Waals surface area contributed by atoms with Crippen molar-refractivity contribution in [2.24, 2.45) is 0 Å². The molecule has 0 bridgehead atoms. The van der Waals surface area contributed by atoms with Crippen molar-refractivity contribution in [2.75, 3.05) is 0 Å². The van der Waals surface area contributed by atoms with Crippen LogP contribution in [0, 0.1) is 13.8 Å². The van der Waals surface area contributed by atoms with Gasteiger partial charge in [-0.2, -0.15) is 0 Å². The van der Waals surface area contributed by atoms with Gasteiger partial charge in [0.25, 0.3) is 0 Å². The summed E-state index contributed by atoms with van der Waals surface area (Å²) >= 11 is 0. The zero-order chi connectivity index (χ0) is 15.5. The summed E-state index contributed by atoms with van der Waals surface area (Å²) in [6.07, 6.45) is 2.03. The van der Waals surface area contributed by atoms with Crippen LogP contribution in [0.2, 0.25) is 0 Å². The SMILES string of the molecule is Cc1cc(C)c2c(CC(=O)NCc3ccccc3)coc2c1. The number of rotatable bonds is 4. The number of aryl methyl sites for hydroxylation is 2. The number of carbonyl (C=O) groups is 1. The molecule has 112 valence electrons. The van der Waals surface area contributed by atoms with Crippen molar-refractivity contribution < 1.29 is 9.21 Å². The number of benzene rings is 2. The van der Waals surface area contributed by atoms with E-state index in [0.29, 0.717) is 13.0 Å². The third kappa shape index (κ3) is 3.03. The van der Waals surface area contributed by atoms with Crippen molar-refractivity contribution in [3.8, 4) is 0 Å². The molecule has 3 rings (SSSR count). The van der Waals surface area contributed by atoms with Crippen LogP contribution in [-0.4, -0.2) is 5.91 Å². The molecule has 0 aliphatic carbocycles. The first kappa shape index (κ1) is 14.4. The Bertz CT molecular complexity index is 803. The van der Waals surface area contributed by atoms with E-state index < -0.39 is 0 Å². The second-order valence-electron chi connectivity index (χ2n) is 5.66. The fraction of sp³-hybridized carbons (Fsp3) is 0.211. The smallest absolute Gasteiger partial charge is 0.224 e. The highest BCUT2D eigenvalue weighted by molar-refractivity contribution is 5.90. The summed E-state index contributed by atoms with van der Waals surface area (Å²) in [6.45, 7) is 4.64. The fourth-order valence-electron chi connectivity index (χ4n) is 2.79. The van der Waals surface area contributed by atoms with E-state index in [1.807, 2.05) is 43.3 Å². The summed E-state index contributed by atoms with van der Waals surface area (Å²) in [5.41, 5.74) is 5.20. The molecule has 0 spiro atoms. The van der Waals surface area contributed by atoms with Gasteiger partial charge >= 0.3 is 0 Å². The van der Waals surface area contributed by atoms with Gasteiger partial charge in [-0.3, -0.25) is 4.79 Å². The number of amides is 1. The fourth-order valence-corrected chi connectivity index (χ4v) is 2.79. The Kier molecular flexibility index (Phi) is 3.96. The number of carbonyl (C=O) groups excluding carboxylic acids is 1. The Morgan fingerprint density at radius 2 is 1.91 bits per heavy atom. The maximum Gasteiger partial charge on any atom is 0.224 e. The molecule has 3 aromatic rings. The standard InChI is InChI=1S/C19H19NO2/c1-13-8-14(2)19-16(12-22-17(19)9-13)10-18(21)20-11-15-6-4-3-5-7-15/h3-9,12H,10-11H2,1-2H3,(H,20,21). The summed E-state index contributed by atoms with van der Waals surface area (Å²) in [5.74, 6) is 0.00604. The van der Waals surface area contributed by atoms with Crippen LogP contribution in [0.25, 0.3) is 11.0 Å². The number of hydrogen-bond acceptors (Lipinski definition) is 2. The van der Waals surface area contributed by atoms with Crippen molar-refractivity contribution in [2.45, 2.75) is 26.8 Å². The molecule has 0 atom stereocenters. The Labute approximate surface area is 130 Å².